The molecule has 0 aliphatic heterocycles. The fourth-order valence-corrected chi connectivity index (χ4v) is 2.05. The van der Waals surface area contributed by atoms with Crippen molar-refractivity contribution in [2.75, 3.05) is 0 Å². The van der Waals surface area contributed by atoms with E-state index < -0.39 is 6.03 Å². The highest BCUT2D eigenvalue weighted by Crippen LogP contribution is 2.25. The van der Waals surface area contributed by atoms with Crippen LogP contribution in [0.1, 0.15) is 24.5 Å². The van der Waals surface area contributed by atoms with Crippen LogP contribution in [-0.2, 0) is 6.42 Å². The normalized spacial score (nSPS) is 21.6. The molecule has 2 rings (SSSR count). The summed E-state index contributed by atoms with van der Waals surface area (Å²) in [5, 5.41) is 4.10. The van der Waals surface area contributed by atoms with Crippen molar-refractivity contribution in [3.05, 3.63) is 35.4 Å². The summed E-state index contributed by atoms with van der Waals surface area (Å²) in [4.78, 5) is 10.7. The minimum atomic E-state index is -0.622. The average molecular weight is 217 g/mol. The van der Waals surface area contributed by atoms with Crippen LogP contribution >= 0.6 is 0 Å². The number of aryl methyl sites for hydroxylation is 1. The minimum absolute atomic E-state index is 0.349. The van der Waals surface area contributed by atoms with Gasteiger partial charge in [-0.2, -0.15) is 5.10 Å². The Kier molecular flexibility index (Phi) is 2.90. The Hall–Kier alpha value is -1.84. The molecule has 0 bridgehead atoms. The van der Waals surface area contributed by atoms with Crippen LogP contribution in [-0.4, -0.2) is 11.7 Å². The maximum absolute atomic E-state index is 10.7. The zero-order valence-corrected chi connectivity index (χ0v) is 9.23. The molecule has 16 heavy (non-hydrogen) atoms. The van der Waals surface area contributed by atoms with E-state index in [4.69, 9.17) is 5.73 Å². The number of amides is 2. The van der Waals surface area contributed by atoms with E-state index in [1.54, 1.807) is 0 Å². The molecule has 1 aliphatic carbocycles. The molecule has 0 spiro atoms. The van der Waals surface area contributed by atoms with E-state index in [-0.39, 0.29) is 0 Å². The Morgan fingerprint density at radius 3 is 3.00 bits per heavy atom. The number of nitrogens with two attached hydrogens (primary N) is 1. The molecule has 1 atom stereocenters. The van der Waals surface area contributed by atoms with Crippen molar-refractivity contribution in [3.63, 3.8) is 0 Å². The summed E-state index contributed by atoms with van der Waals surface area (Å²) in [5.41, 5.74) is 10.7. The van der Waals surface area contributed by atoms with E-state index in [2.05, 4.69) is 23.5 Å². The van der Waals surface area contributed by atoms with Gasteiger partial charge in [0.15, 0.2) is 0 Å². The molecule has 0 saturated heterocycles. The molecule has 1 aromatic rings. The first-order valence-corrected chi connectivity index (χ1v) is 5.40. The second-order valence-corrected chi connectivity index (χ2v) is 4.07. The lowest BCUT2D eigenvalue weighted by Gasteiger charge is -2.23. The summed E-state index contributed by atoms with van der Waals surface area (Å²) in [6.07, 6.45) is 2.11. The van der Waals surface area contributed by atoms with Crippen LogP contribution in [0.25, 0.3) is 0 Å². The molecular formula is C12H15N3O. The summed E-state index contributed by atoms with van der Waals surface area (Å²) in [5.74, 6) is 0.349. The molecule has 0 aromatic heterocycles. The third kappa shape index (κ3) is 2.05. The van der Waals surface area contributed by atoms with Gasteiger partial charge in [0, 0.05) is 11.5 Å². The van der Waals surface area contributed by atoms with Crippen LogP contribution in [0.3, 0.4) is 0 Å². The number of benzene rings is 1. The quantitative estimate of drug-likeness (QED) is 0.690. The Balaban J connectivity index is 2.36. The van der Waals surface area contributed by atoms with Crippen LogP contribution < -0.4 is 11.2 Å². The number of nitrogens with zero attached hydrogens (tertiary/aromatic N) is 1. The van der Waals surface area contributed by atoms with E-state index >= 15 is 0 Å². The molecule has 4 nitrogen and oxygen atoms in total. The number of hydrazone groups is 1. The molecule has 0 radical (unpaired) electrons. The summed E-state index contributed by atoms with van der Waals surface area (Å²) < 4.78 is 0. The lowest BCUT2D eigenvalue weighted by Crippen LogP contribution is -2.29. The summed E-state index contributed by atoms with van der Waals surface area (Å²) in [6, 6.07) is 7.51. The largest absolute Gasteiger partial charge is 0.350 e. The van der Waals surface area contributed by atoms with Crippen LogP contribution in [0.4, 0.5) is 4.79 Å². The third-order valence-electron chi connectivity index (χ3n) is 2.89. The number of hydrogen-bond acceptors (Lipinski definition) is 2. The Morgan fingerprint density at radius 2 is 2.25 bits per heavy atom. The highest BCUT2D eigenvalue weighted by atomic mass is 16.2. The van der Waals surface area contributed by atoms with Gasteiger partial charge < -0.3 is 5.73 Å². The van der Waals surface area contributed by atoms with Crippen molar-refractivity contribution in [1.82, 2.24) is 5.43 Å². The van der Waals surface area contributed by atoms with Gasteiger partial charge in [0.2, 0.25) is 0 Å². The lowest BCUT2D eigenvalue weighted by molar-refractivity contribution is 0.249. The van der Waals surface area contributed by atoms with Crippen molar-refractivity contribution >= 4 is 11.7 Å². The minimum Gasteiger partial charge on any atom is -0.350 e. The molecule has 4 heteroatoms. The van der Waals surface area contributed by atoms with Crippen LogP contribution in [0.2, 0.25) is 0 Å². The first kappa shape index (κ1) is 10.7. The van der Waals surface area contributed by atoms with Gasteiger partial charge in [-0.05, 0) is 18.4 Å². The van der Waals surface area contributed by atoms with Gasteiger partial charge in [-0.1, -0.05) is 31.2 Å². The average Bonchev–Trinajstić information content (AvgIpc) is 2.27. The Bertz CT molecular complexity index is 440. The molecule has 0 saturated carbocycles. The molecule has 84 valence electrons. The predicted molar refractivity (Wildman–Crippen MR) is 63.2 cm³/mol. The zero-order chi connectivity index (χ0) is 11.5. The SMILES string of the molecule is CC1CCc2ccccc2/C1=N/NC(N)=O. The van der Waals surface area contributed by atoms with Crippen molar-refractivity contribution in [2.45, 2.75) is 19.8 Å². The molecule has 1 aliphatic rings. The van der Waals surface area contributed by atoms with E-state index in [1.165, 1.54) is 5.56 Å². The van der Waals surface area contributed by atoms with E-state index in [0.717, 1.165) is 24.1 Å². The Labute approximate surface area is 94.5 Å². The summed E-state index contributed by atoms with van der Waals surface area (Å²) in [6.45, 7) is 2.11. The van der Waals surface area contributed by atoms with Gasteiger partial charge in [-0.15, -0.1) is 0 Å². The number of fused-ring (bicyclic) bond motifs is 1. The second kappa shape index (κ2) is 4.35. The number of primary amides is 1. The summed E-state index contributed by atoms with van der Waals surface area (Å²) in [7, 11) is 0. The molecule has 3 N–H and O–H groups in total. The molecule has 2 amide bonds. The van der Waals surface area contributed by atoms with Crippen molar-refractivity contribution in [3.8, 4) is 0 Å². The maximum Gasteiger partial charge on any atom is 0.332 e. The maximum atomic E-state index is 10.7. The van der Waals surface area contributed by atoms with Crippen LogP contribution in [0.5, 0.6) is 0 Å². The number of rotatable bonds is 1. The van der Waals surface area contributed by atoms with Crippen molar-refractivity contribution < 1.29 is 4.79 Å². The van der Waals surface area contributed by atoms with E-state index in [0.29, 0.717) is 5.92 Å². The monoisotopic (exact) mass is 217 g/mol. The van der Waals surface area contributed by atoms with Gasteiger partial charge in [-0.25, -0.2) is 10.2 Å². The smallest absolute Gasteiger partial charge is 0.332 e. The van der Waals surface area contributed by atoms with Crippen molar-refractivity contribution in [1.29, 1.82) is 0 Å². The number of carbonyl (C=O) groups is 1. The van der Waals surface area contributed by atoms with Crippen LogP contribution in [0, 0.1) is 5.92 Å². The first-order chi connectivity index (χ1) is 7.68. The molecule has 1 unspecified atom stereocenters. The third-order valence-corrected chi connectivity index (χ3v) is 2.89. The van der Waals surface area contributed by atoms with Crippen molar-refractivity contribution in [2.24, 2.45) is 16.8 Å². The molecule has 0 fully saturated rings. The topological polar surface area (TPSA) is 67.5 Å². The predicted octanol–water partition coefficient (Wildman–Crippen LogP) is 1.64. The molecular weight excluding hydrogens is 202 g/mol. The molecule has 0 heterocycles. The van der Waals surface area contributed by atoms with Gasteiger partial charge in [0.25, 0.3) is 0 Å². The fraction of sp³-hybridized carbons (Fsp3) is 0.333. The number of carbonyl (C=O) groups excluding carboxylic acids is 1. The first-order valence-electron chi connectivity index (χ1n) is 5.40. The number of hydrogen-bond donors (Lipinski definition) is 2. The highest BCUT2D eigenvalue weighted by Gasteiger charge is 2.21. The number of nitrogens with one attached hydrogen (secondary N) is 1. The standard InChI is InChI=1S/C12H15N3O/c1-8-6-7-9-4-2-3-5-10(9)11(8)14-15-12(13)16/h2-5,8H,6-7H2,1H3,(H3,13,15,16)/b14-11+. The van der Waals surface area contributed by atoms with E-state index in [1.807, 2.05) is 18.2 Å². The van der Waals surface area contributed by atoms with Gasteiger partial charge in [0.1, 0.15) is 0 Å². The number of urea groups is 1. The van der Waals surface area contributed by atoms with Gasteiger partial charge in [0.05, 0.1) is 5.71 Å². The zero-order valence-electron chi connectivity index (χ0n) is 9.23. The second-order valence-electron chi connectivity index (χ2n) is 4.07. The van der Waals surface area contributed by atoms with E-state index in [9.17, 15) is 4.79 Å². The lowest BCUT2D eigenvalue weighted by atomic mass is 9.83. The van der Waals surface area contributed by atoms with Gasteiger partial charge in [-0.3, -0.25) is 0 Å². The fourth-order valence-electron chi connectivity index (χ4n) is 2.05. The van der Waals surface area contributed by atoms with Gasteiger partial charge >= 0.3 is 6.03 Å². The van der Waals surface area contributed by atoms with Crippen LogP contribution in [0.15, 0.2) is 29.4 Å². The highest BCUT2D eigenvalue weighted by molar-refractivity contribution is 6.04. The summed E-state index contributed by atoms with van der Waals surface area (Å²) >= 11 is 0. The molecule has 1 aromatic carbocycles. The Morgan fingerprint density at radius 1 is 1.50 bits per heavy atom.